The van der Waals surface area contributed by atoms with E-state index in [1.54, 1.807) is 0 Å². The van der Waals surface area contributed by atoms with Gasteiger partial charge in [-0.05, 0) is 67.0 Å². The molecule has 166 valence electrons. The highest BCUT2D eigenvalue weighted by Crippen LogP contribution is 2.39. The van der Waals surface area contributed by atoms with Crippen LogP contribution in [0.4, 0.5) is 0 Å². The summed E-state index contributed by atoms with van der Waals surface area (Å²) >= 11 is 0. The molecule has 3 rings (SSSR count). The van der Waals surface area contributed by atoms with Gasteiger partial charge in [0, 0.05) is 6.04 Å². The smallest absolute Gasteiger partial charge is 0.427 e. The minimum atomic E-state index is -1.17. The topological polar surface area (TPSA) is 101 Å². The van der Waals surface area contributed by atoms with E-state index in [1.165, 1.54) is 42.4 Å². The van der Waals surface area contributed by atoms with Crippen LogP contribution in [-0.2, 0) is 16.0 Å². The maximum atomic E-state index is 8.87. The normalized spacial score (nSPS) is 18.2. The van der Waals surface area contributed by atoms with E-state index in [0.717, 1.165) is 31.6 Å². The zero-order chi connectivity index (χ0) is 22.5. The molecule has 0 bridgehead atoms. The molecule has 0 saturated heterocycles. The number of rotatable bonds is 11. The molecule has 0 aromatic heterocycles. The molecule has 2 aromatic carbocycles. The van der Waals surface area contributed by atoms with Crippen molar-refractivity contribution in [3.8, 4) is 11.1 Å². The van der Waals surface area contributed by atoms with Crippen molar-refractivity contribution in [1.82, 2.24) is 0 Å². The van der Waals surface area contributed by atoms with Gasteiger partial charge in [0.05, 0.1) is 0 Å². The van der Waals surface area contributed by atoms with E-state index in [0.29, 0.717) is 12.2 Å². The molecule has 0 amide bonds. The summed E-state index contributed by atoms with van der Waals surface area (Å²) in [7, 11) is -1.17. The molecule has 1 aliphatic carbocycles. The second-order valence-corrected chi connectivity index (χ2v) is 8.56. The fraction of sp³-hybridized carbons (Fsp3) is 0.480. The summed E-state index contributed by atoms with van der Waals surface area (Å²) in [5.41, 5.74) is 10.3. The van der Waals surface area contributed by atoms with Crippen LogP contribution < -0.4 is 5.73 Å². The van der Waals surface area contributed by atoms with Gasteiger partial charge in [0.15, 0.2) is 0 Å². The zero-order valence-electron chi connectivity index (χ0n) is 18.2. The Morgan fingerprint density at radius 1 is 0.935 bits per heavy atom. The first-order valence-electron chi connectivity index (χ1n) is 11.3. The van der Waals surface area contributed by atoms with Crippen molar-refractivity contribution in [1.29, 1.82) is 0 Å². The summed E-state index contributed by atoms with van der Waals surface area (Å²) in [5.74, 6) is 1.52. The maximum absolute atomic E-state index is 8.87. The molecule has 1 saturated carbocycles. The van der Waals surface area contributed by atoms with E-state index in [1.807, 2.05) is 0 Å². The van der Waals surface area contributed by atoms with Crippen LogP contribution >= 0.6 is 0 Å². The van der Waals surface area contributed by atoms with Gasteiger partial charge in [-0.2, -0.15) is 9.59 Å². The number of aryl methyl sites for hydroxylation is 1. The number of hydrogen-bond acceptors (Lipinski definition) is 5. The fourth-order valence-corrected chi connectivity index (χ4v) is 4.40. The van der Waals surface area contributed by atoms with Crippen molar-refractivity contribution < 1.29 is 19.6 Å². The first-order valence-corrected chi connectivity index (χ1v) is 11.3. The molecule has 0 radical (unpaired) electrons. The third kappa shape index (κ3) is 9.20. The first kappa shape index (κ1) is 25.0. The first-order chi connectivity index (χ1) is 15.0. The summed E-state index contributed by atoms with van der Waals surface area (Å²) in [6, 6.07) is 19.8. The zero-order valence-corrected chi connectivity index (χ0v) is 18.2. The Morgan fingerprint density at radius 3 is 2.16 bits per heavy atom. The lowest BCUT2D eigenvalue weighted by atomic mass is 9.68. The lowest BCUT2D eigenvalue weighted by molar-refractivity contribution is -0.191. The Hall–Kier alpha value is -2.24. The van der Waals surface area contributed by atoms with Crippen LogP contribution in [0.25, 0.3) is 11.1 Å². The van der Waals surface area contributed by atoms with Gasteiger partial charge in [0.2, 0.25) is 0 Å². The molecule has 2 aromatic rings. The van der Waals surface area contributed by atoms with Crippen LogP contribution in [-0.4, -0.2) is 29.4 Å². The van der Waals surface area contributed by atoms with Gasteiger partial charge in [-0.1, -0.05) is 73.9 Å². The predicted octanol–water partition coefficient (Wildman–Crippen LogP) is 4.09. The van der Waals surface area contributed by atoms with Crippen LogP contribution in [0.1, 0.15) is 50.5 Å². The molecule has 0 heterocycles. The van der Waals surface area contributed by atoms with E-state index < -0.39 is 7.12 Å². The molecular formula is C25H34BNO4. The summed E-state index contributed by atoms with van der Waals surface area (Å²) in [4.78, 5) is 16.2. The number of nitrogens with two attached hydrogens (primary N) is 1. The van der Waals surface area contributed by atoms with Gasteiger partial charge in [0.25, 0.3) is 0 Å². The number of carbonyl (C=O) groups excluding carboxylic acids is 2. The minimum Gasteiger partial charge on any atom is -0.427 e. The van der Waals surface area contributed by atoms with Gasteiger partial charge in [0.1, 0.15) is 0 Å². The van der Waals surface area contributed by atoms with Crippen LogP contribution in [0.5, 0.6) is 0 Å². The lowest BCUT2D eigenvalue weighted by Gasteiger charge is -2.39. The molecule has 0 aliphatic heterocycles. The molecule has 0 spiro atoms. The summed E-state index contributed by atoms with van der Waals surface area (Å²) in [6.07, 6.45) is 9.85. The standard InChI is InChI=1S/C24H34BNO2.CO2/c26-24(11-4-5-16-25(27)28)23-17-20(18-23)8-6-7-19-12-14-22(15-13-19)21-9-2-1-3-10-21;2-1-3/h1-3,9-10,12-15,20,23-24,27-28H,4-8,11,16-18,26H2;. The molecule has 1 aliphatic rings. The van der Waals surface area contributed by atoms with Crippen molar-refractivity contribution in [2.24, 2.45) is 17.6 Å². The second-order valence-electron chi connectivity index (χ2n) is 8.56. The average molecular weight is 423 g/mol. The molecule has 6 heteroatoms. The second kappa shape index (κ2) is 13.9. The molecule has 1 atom stereocenters. The Morgan fingerprint density at radius 2 is 1.55 bits per heavy atom. The fourth-order valence-electron chi connectivity index (χ4n) is 4.40. The summed E-state index contributed by atoms with van der Waals surface area (Å²) < 4.78 is 0. The third-order valence-corrected chi connectivity index (χ3v) is 6.27. The van der Waals surface area contributed by atoms with Gasteiger partial charge in [-0.15, -0.1) is 0 Å². The van der Waals surface area contributed by atoms with E-state index in [-0.39, 0.29) is 12.2 Å². The predicted molar refractivity (Wildman–Crippen MR) is 123 cm³/mol. The summed E-state index contributed by atoms with van der Waals surface area (Å²) in [5, 5.41) is 17.7. The van der Waals surface area contributed by atoms with Crippen LogP contribution in [0.15, 0.2) is 54.6 Å². The molecular weight excluding hydrogens is 389 g/mol. The summed E-state index contributed by atoms with van der Waals surface area (Å²) in [6.45, 7) is 0. The lowest BCUT2D eigenvalue weighted by Crippen LogP contribution is -2.39. The molecule has 31 heavy (non-hydrogen) atoms. The Balaban J connectivity index is 0.00000107. The number of unbranched alkanes of at least 4 members (excludes halogenated alkanes) is 1. The highest BCUT2D eigenvalue weighted by atomic mass is 16.4. The third-order valence-electron chi connectivity index (χ3n) is 6.27. The van der Waals surface area contributed by atoms with Gasteiger partial charge in [-0.25, -0.2) is 0 Å². The highest BCUT2D eigenvalue weighted by Gasteiger charge is 2.32. The number of benzene rings is 2. The van der Waals surface area contributed by atoms with Crippen LogP contribution in [0, 0.1) is 11.8 Å². The van der Waals surface area contributed by atoms with E-state index in [4.69, 9.17) is 25.4 Å². The van der Waals surface area contributed by atoms with Crippen molar-refractivity contribution in [2.45, 2.75) is 63.7 Å². The van der Waals surface area contributed by atoms with Crippen molar-refractivity contribution >= 4 is 13.3 Å². The van der Waals surface area contributed by atoms with E-state index in [9.17, 15) is 0 Å². The van der Waals surface area contributed by atoms with Crippen molar-refractivity contribution in [3.05, 3.63) is 60.2 Å². The van der Waals surface area contributed by atoms with Crippen LogP contribution in [0.3, 0.4) is 0 Å². The molecule has 1 fully saturated rings. The Bertz CT molecular complexity index is 770. The highest BCUT2D eigenvalue weighted by molar-refractivity contribution is 6.40. The monoisotopic (exact) mass is 423 g/mol. The quantitative estimate of drug-likeness (QED) is 0.373. The van der Waals surface area contributed by atoms with Gasteiger partial charge >= 0.3 is 13.3 Å². The largest absolute Gasteiger partial charge is 0.451 e. The molecule has 5 nitrogen and oxygen atoms in total. The Labute approximate surface area is 185 Å². The number of hydrogen-bond donors (Lipinski definition) is 3. The van der Waals surface area contributed by atoms with Gasteiger partial charge < -0.3 is 15.8 Å². The Kier molecular flexibility index (Phi) is 11.3. The minimum absolute atomic E-state index is 0.250. The van der Waals surface area contributed by atoms with E-state index in [2.05, 4.69) is 54.6 Å². The maximum Gasteiger partial charge on any atom is 0.451 e. The average Bonchev–Trinajstić information content (AvgIpc) is 2.74. The van der Waals surface area contributed by atoms with Crippen molar-refractivity contribution in [3.63, 3.8) is 0 Å². The SMILES string of the molecule is NC(CCCCB(O)O)C1CC(CCCc2ccc(-c3ccccc3)cc2)C1.O=C=O. The van der Waals surface area contributed by atoms with Gasteiger partial charge in [-0.3, -0.25) is 0 Å². The van der Waals surface area contributed by atoms with Crippen LogP contribution in [0.2, 0.25) is 6.32 Å². The molecule has 1 unspecified atom stereocenters. The molecule has 4 N–H and O–H groups in total. The van der Waals surface area contributed by atoms with E-state index >= 15 is 0 Å². The van der Waals surface area contributed by atoms with Crippen molar-refractivity contribution in [2.75, 3.05) is 0 Å².